The number of hydrogen-bond donors (Lipinski definition) is 1. The fourth-order valence-electron chi connectivity index (χ4n) is 2.43. The van der Waals surface area contributed by atoms with Gasteiger partial charge in [0.15, 0.2) is 0 Å². The number of alkyl halides is 3. The molecule has 120 valence electrons. The van der Waals surface area contributed by atoms with Crippen molar-refractivity contribution in [2.24, 2.45) is 0 Å². The van der Waals surface area contributed by atoms with E-state index in [0.29, 0.717) is 12.6 Å². The number of carbonyl (C=O) groups is 1. The monoisotopic (exact) mass is 317 g/mol. The summed E-state index contributed by atoms with van der Waals surface area (Å²) < 4.78 is 38.1. The van der Waals surface area contributed by atoms with Crippen molar-refractivity contribution in [3.05, 3.63) is 33.9 Å². The maximum atomic E-state index is 12.7. The molecule has 6 nitrogen and oxygen atoms in total. The van der Waals surface area contributed by atoms with Gasteiger partial charge in [0.05, 0.1) is 10.5 Å². The Hall–Kier alpha value is -2.32. The summed E-state index contributed by atoms with van der Waals surface area (Å²) in [5.41, 5.74) is -1.60. The molecule has 1 aromatic carbocycles. The summed E-state index contributed by atoms with van der Waals surface area (Å²) in [6.45, 7) is 2.27. The second-order valence-electron chi connectivity index (χ2n) is 5.05. The fourth-order valence-corrected chi connectivity index (χ4v) is 2.43. The summed E-state index contributed by atoms with van der Waals surface area (Å²) >= 11 is 0. The highest BCUT2D eigenvalue weighted by Crippen LogP contribution is 2.37. The Kier molecular flexibility index (Phi) is 4.25. The molecule has 1 N–H and O–H groups in total. The zero-order valence-electron chi connectivity index (χ0n) is 11.7. The summed E-state index contributed by atoms with van der Waals surface area (Å²) in [6.07, 6.45) is -4.52. The van der Waals surface area contributed by atoms with Crippen molar-refractivity contribution in [2.45, 2.75) is 25.6 Å². The summed E-state index contributed by atoms with van der Waals surface area (Å²) in [5, 5.41) is 13.8. The molecule has 0 unspecified atom stereocenters. The van der Waals surface area contributed by atoms with Gasteiger partial charge in [-0.05, 0) is 19.1 Å². The van der Waals surface area contributed by atoms with Gasteiger partial charge in [-0.1, -0.05) is 0 Å². The van der Waals surface area contributed by atoms with Gasteiger partial charge in [0.1, 0.15) is 5.69 Å². The minimum Gasteiger partial charge on any atom is -0.361 e. The van der Waals surface area contributed by atoms with Crippen LogP contribution in [0, 0.1) is 10.1 Å². The molecule has 1 fully saturated rings. The molecule has 0 spiro atoms. The molecule has 0 bridgehead atoms. The van der Waals surface area contributed by atoms with E-state index in [4.69, 9.17) is 0 Å². The Labute approximate surface area is 124 Å². The third-order valence-electron chi connectivity index (χ3n) is 3.50. The van der Waals surface area contributed by atoms with Gasteiger partial charge < -0.3 is 10.2 Å². The lowest BCUT2D eigenvalue weighted by Gasteiger charge is -2.28. The van der Waals surface area contributed by atoms with E-state index in [-0.39, 0.29) is 30.6 Å². The van der Waals surface area contributed by atoms with E-state index in [0.717, 1.165) is 12.1 Å². The lowest BCUT2D eigenvalue weighted by atomic mass is 10.1. The number of nitro benzene ring substituents is 1. The molecule has 22 heavy (non-hydrogen) atoms. The van der Waals surface area contributed by atoms with Crippen molar-refractivity contribution in [3.63, 3.8) is 0 Å². The molecule has 1 aliphatic rings. The van der Waals surface area contributed by atoms with E-state index in [2.05, 4.69) is 5.32 Å². The standard InChI is InChI=1S/C13H14F3N3O3/c1-8-6-12(20)17-4-5-18(8)10-3-2-9(13(14,15)16)7-11(10)19(21)22/h2-3,7-8H,4-6H2,1H3,(H,17,20)/t8-/m0/s1. The van der Waals surface area contributed by atoms with Crippen LogP contribution in [0.4, 0.5) is 24.5 Å². The van der Waals surface area contributed by atoms with Crippen LogP contribution in [-0.2, 0) is 11.0 Å². The van der Waals surface area contributed by atoms with Crippen molar-refractivity contribution in [3.8, 4) is 0 Å². The number of nitro groups is 1. The zero-order valence-corrected chi connectivity index (χ0v) is 11.7. The number of carbonyl (C=O) groups excluding carboxylic acids is 1. The molecule has 1 aliphatic heterocycles. The third-order valence-corrected chi connectivity index (χ3v) is 3.50. The minimum atomic E-state index is -4.65. The Balaban J connectivity index is 2.45. The van der Waals surface area contributed by atoms with Crippen LogP contribution < -0.4 is 10.2 Å². The number of hydrogen-bond acceptors (Lipinski definition) is 4. The Morgan fingerprint density at radius 3 is 2.68 bits per heavy atom. The normalized spacial score (nSPS) is 19.5. The lowest BCUT2D eigenvalue weighted by Crippen LogP contribution is -2.34. The number of nitrogens with one attached hydrogen (secondary N) is 1. The first-order valence-electron chi connectivity index (χ1n) is 6.59. The Morgan fingerprint density at radius 2 is 2.09 bits per heavy atom. The minimum absolute atomic E-state index is 0.0852. The van der Waals surface area contributed by atoms with Crippen molar-refractivity contribution in [2.75, 3.05) is 18.0 Å². The van der Waals surface area contributed by atoms with Crippen molar-refractivity contribution in [1.82, 2.24) is 5.32 Å². The van der Waals surface area contributed by atoms with Crippen LogP contribution in [0.5, 0.6) is 0 Å². The second kappa shape index (κ2) is 5.82. The predicted octanol–water partition coefficient (Wildman–Crippen LogP) is 2.33. The van der Waals surface area contributed by atoms with Gasteiger partial charge in [-0.15, -0.1) is 0 Å². The van der Waals surface area contributed by atoms with Crippen LogP contribution in [0.25, 0.3) is 0 Å². The van der Waals surface area contributed by atoms with Crippen LogP contribution in [-0.4, -0.2) is 30.0 Å². The van der Waals surface area contributed by atoms with Gasteiger partial charge in [-0.2, -0.15) is 13.2 Å². The molecule has 0 radical (unpaired) electrons. The SMILES string of the molecule is C[C@H]1CC(=O)NCCN1c1ccc(C(F)(F)F)cc1[N+](=O)[O-]. The number of halogens is 3. The van der Waals surface area contributed by atoms with Gasteiger partial charge in [0.2, 0.25) is 5.91 Å². The first kappa shape index (κ1) is 16.1. The highest BCUT2D eigenvalue weighted by molar-refractivity contribution is 5.78. The molecule has 1 heterocycles. The fraction of sp³-hybridized carbons (Fsp3) is 0.462. The van der Waals surface area contributed by atoms with Crippen LogP contribution in [0.3, 0.4) is 0 Å². The summed E-state index contributed by atoms with van der Waals surface area (Å²) in [7, 11) is 0. The van der Waals surface area contributed by atoms with E-state index >= 15 is 0 Å². The molecular weight excluding hydrogens is 303 g/mol. The zero-order chi connectivity index (χ0) is 16.5. The molecule has 1 saturated heterocycles. The number of rotatable bonds is 2. The predicted molar refractivity (Wildman–Crippen MR) is 72.5 cm³/mol. The Bertz CT molecular complexity index is 604. The quantitative estimate of drug-likeness (QED) is 0.671. The third kappa shape index (κ3) is 3.29. The van der Waals surface area contributed by atoms with Crippen LogP contribution >= 0.6 is 0 Å². The summed E-state index contributed by atoms with van der Waals surface area (Å²) in [5.74, 6) is -0.190. The number of nitrogens with zero attached hydrogens (tertiary/aromatic N) is 2. The van der Waals surface area contributed by atoms with E-state index in [1.807, 2.05) is 0 Å². The van der Waals surface area contributed by atoms with Gasteiger partial charge in [0.25, 0.3) is 5.69 Å². The van der Waals surface area contributed by atoms with Gasteiger partial charge >= 0.3 is 6.18 Å². The van der Waals surface area contributed by atoms with Crippen molar-refractivity contribution in [1.29, 1.82) is 0 Å². The highest BCUT2D eigenvalue weighted by atomic mass is 19.4. The van der Waals surface area contributed by atoms with E-state index in [1.54, 1.807) is 11.8 Å². The maximum absolute atomic E-state index is 12.7. The molecule has 0 saturated carbocycles. The molecule has 0 aromatic heterocycles. The Morgan fingerprint density at radius 1 is 1.41 bits per heavy atom. The van der Waals surface area contributed by atoms with Gasteiger partial charge in [-0.3, -0.25) is 14.9 Å². The van der Waals surface area contributed by atoms with E-state index < -0.39 is 22.4 Å². The number of anilines is 1. The van der Waals surface area contributed by atoms with Crippen molar-refractivity contribution < 1.29 is 22.9 Å². The van der Waals surface area contributed by atoms with E-state index in [9.17, 15) is 28.1 Å². The molecule has 1 amide bonds. The highest BCUT2D eigenvalue weighted by Gasteiger charge is 2.34. The summed E-state index contributed by atoms with van der Waals surface area (Å²) in [6, 6.07) is 2.09. The average molecular weight is 317 g/mol. The molecule has 1 atom stereocenters. The average Bonchev–Trinajstić information content (AvgIpc) is 2.57. The number of amides is 1. The summed E-state index contributed by atoms with van der Waals surface area (Å²) in [4.78, 5) is 23.3. The molecule has 0 aliphatic carbocycles. The largest absolute Gasteiger partial charge is 0.416 e. The van der Waals surface area contributed by atoms with Gasteiger partial charge in [-0.25, -0.2) is 0 Å². The first-order valence-corrected chi connectivity index (χ1v) is 6.59. The maximum Gasteiger partial charge on any atom is 0.416 e. The van der Waals surface area contributed by atoms with Crippen LogP contribution in [0.15, 0.2) is 18.2 Å². The molecule has 9 heteroatoms. The van der Waals surface area contributed by atoms with Crippen molar-refractivity contribution >= 4 is 17.3 Å². The molecule has 2 rings (SSSR count). The smallest absolute Gasteiger partial charge is 0.361 e. The lowest BCUT2D eigenvalue weighted by molar-refractivity contribution is -0.384. The molecule has 1 aromatic rings. The second-order valence-corrected chi connectivity index (χ2v) is 5.05. The topological polar surface area (TPSA) is 75.5 Å². The van der Waals surface area contributed by atoms with E-state index in [1.165, 1.54) is 0 Å². The van der Waals surface area contributed by atoms with Crippen LogP contribution in [0.2, 0.25) is 0 Å². The van der Waals surface area contributed by atoms with Crippen LogP contribution in [0.1, 0.15) is 18.9 Å². The first-order chi connectivity index (χ1) is 10.2. The number of benzene rings is 1. The molecular formula is C13H14F3N3O3. The van der Waals surface area contributed by atoms with Gasteiger partial charge in [0, 0.05) is 31.6 Å².